The Morgan fingerprint density at radius 3 is 1.71 bits per heavy atom. The standard InChI is InChI=1S/C64H46O/c1-6-38-39-19-8-7-18-36(39)34-51-40-26-17-27-43(42(40)33-32-41(38)51)56-46-22-11-9-20-44(46)55(45-21-10-12-23-47(45)56)37-30-31-49-53(35-37)64(4,5)60-57(49)58-50-25-14-16-29-54(50)65-62(58)59-48-24-13-15-28-52(48)63(2,3)61(59)60/h7-35H,6H2,1-5H3. The fourth-order valence-corrected chi connectivity index (χ4v) is 13.0. The van der Waals surface area contributed by atoms with E-state index in [9.17, 15) is 0 Å². The fraction of sp³-hybridized carbons (Fsp3) is 0.125. The Labute approximate surface area is 378 Å². The molecule has 2 aliphatic carbocycles. The van der Waals surface area contributed by atoms with Crippen molar-refractivity contribution in [2.75, 3.05) is 0 Å². The molecule has 0 saturated carbocycles. The van der Waals surface area contributed by atoms with Gasteiger partial charge in [-0.15, -0.1) is 0 Å². The molecule has 0 saturated heterocycles. The monoisotopic (exact) mass is 830 g/mol. The maximum Gasteiger partial charge on any atom is 0.144 e. The van der Waals surface area contributed by atoms with Crippen LogP contribution in [0.1, 0.15) is 62.4 Å². The highest BCUT2D eigenvalue weighted by molar-refractivity contribution is 6.26. The van der Waals surface area contributed by atoms with Crippen LogP contribution >= 0.6 is 0 Å². The molecular formula is C64H46O. The largest absolute Gasteiger partial charge is 0.455 e. The van der Waals surface area contributed by atoms with Gasteiger partial charge in [0.05, 0.1) is 0 Å². The first-order valence-electron chi connectivity index (χ1n) is 23.3. The smallest absolute Gasteiger partial charge is 0.144 e. The van der Waals surface area contributed by atoms with Crippen LogP contribution in [0, 0.1) is 0 Å². The average Bonchev–Trinajstić information content (AvgIpc) is 3.91. The summed E-state index contributed by atoms with van der Waals surface area (Å²) in [4.78, 5) is 0. The Morgan fingerprint density at radius 2 is 0.954 bits per heavy atom. The fourth-order valence-electron chi connectivity index (χ4n) is 13.0. The minimum atomic E-state index is -0.281. The van der Waals surface area contributed by atoms with Gasteiger partial charge in [0.2, 0.25) is 0 Å². The molecule has 65 heavy (non-hydrogen) atoms. The molecule has 14 rings (SSSR count). The molecule has 0 atom stereocenters. The maximum absolute atomic E-state index is 6.97. The highest BCUT2D eigenvalue weighted by Gasteiger charge is 2.48. The second-order valence-electron chi connectivity index (χ2n) is 19.7. The molecular weight excluding hydrogens is 785 g/mol. The lowest BCUT2D eigenvalue weighted by Gasteiger charge is -2.31. The van der Waals surface area contributed by atoms with E-state index in [1.165, 1.54) is 137 Å². The second-order valence-corrected chi connectivity index (χ2v) is 19.7. The molecule has 0 aliphatic heterocycles. The summed E-state index contributed by atoms with van der Waals surface area (Å²) in [5, 5.41) is 15.4. The van der Waals surface area contributed by atoms with Crippen LogP contribution < -0.4 is 0 Å². The van der Waals surface area contributed by atoms with E-state index in [4.69, 9.17) is 4.42 Å². The van der Waals surface area contributed by atoms with Crippen molar-refractivity contribution in [1.82, 2.24) is 0 Å². The summed E-state index contributed by atoms with van der Waals surface area (Å²) in [7, 11) is 0. The zero-order chi connectivity index (χ0) is 43.5. The number of aryl methyl sites for hydroxylation is 1. The number of hydrogen-bond donors (Lipinski definition) is 0. The van der Waals surface area contributed by atoms with Crippen molar-refractivity contribution in [3.8, 4) is 44.5 Å². The Balaban J connectivity index is 1.03. The van der Waals surface area contributed by atoms with Crippen molar-refractivity contribution in [2.45, 2.75) is 51.9 Å². The lowest BCUT2D eigenvalue weighted by molar-refractivity contribution is 0.600. The molecule has 0 amide bonds. The van der Waals surface area contributed by atoms with E-state index in [1.54, 1.807) is 0 Å². The van der Waals surface area contributed by atoms with Crippen LogP contribution in [0.4, 0.5) is 0 Å². The summed E-state index contributed by atoms with van der Waals surface area (Å²) >= 11 is 0. The molecule has 308 valence electrons. The minimum Gasteiger partial charge on any atom is -0.455 e. The zero-order valence-electron chi connectivity index (χ0n) is 37.4. The minimum absolute atomic E-state index is 0.201. The van der Waals surface area contributed by atoms with Crippen LogP contribution in [0.25, 0.3) is 120 Å². The summed E-state index contributed by atoms with van der Waals surface area (Å²) in [6.07, 6.45) is 0.991. The van der Waals surface area contributed by atoms with Gasteiger partial charge >= 0.3 is 0 Å². The van der Waals surface area contributed by atoms with Crippen molar-refractivity contribution >= 4 is 75.8 Å². The summed E-state index contributed by atoms with van der Waals surface area (Å²) < 4.78 is 6.97. The van der Waals surface area contributed by atoms with Crippen molar-refractivity contribution in [1.29, 1.82) is 0 Å². The Bertz CT molecular complexity index is 4040. The van der Waals surface area contributed by atoms with Gasteiger partial charge in [0, 0.05) is 27.2 Å². The lowest BCUT2D eigenvalue weighted by Crippen LogP contribution is -2.24. The second kappa shape index (κ2) is 12.8. The van der Waals surface area contributed by atoms with Gasteiger partial charge < -0.3 is 4.42 Å². The molecule has 11 aromatic carbocycles. The van der Waals surface area contributed by atoms with Gasteiger partial charge in [0.15, 0.2) is 0 Å². The first kappa shape index (κ1) is 36.9. The Morgan fingerprint density at radius 1 is 0.385 bits per heavy atom. The molecule has 0 spiro atoms. The molecule has 0 unspecified atom stereocenters. The first-order valence-corrected chi connectivity index (χ1v) is 23.3. The molecule has 0 fully saturated rings. The van der Waals surface area contributed by atoms with Gasteiger partial charge in [0.25, 0.3) is 0 Å². The number of fused-ring (bicyclic) bond motifs is 18. The third kappa shape index (κ3) is 4.68. The van der Waals surface area contributed by atoms with E-state index >= 15 is 0 Å². The summed E-state index contributed by atoms with van der Waals surface area (Å²) in [5.74, 6) is 0. The van der Waals surface area contributed by atoms with Gasteiger partial charge in [0.1, 0.15) is 11.2 Å². The normalized spacial score (nSPS) is 14.5. The highest BCUT2D eigenvalue weighted by atomic mass is 16.3. The van der Waals surface area contributed by atoms with Crippen molar-refractivity contribution < 1.29 is 4.42 Å². The Hall–Kier alpha value is -7.48. The average molecular weight is 831 g/mol. The third-order valence-corrected chi connectivity index (χ3v) is 15.8. The first-order chi connectivity index (χ1) is 31.8. The molecule has 1 aromatic heterocycles. The third-order valence-electron chi connectivity index (χ3n) is 15.8. The van der Waals surface area contributed by atoms with Crippen LogP contribution in [0.2, 0.25) is 0 Å². The summed E-state index contributed by atoms with van der Waals surface area (Å²) in [6.45, 7) is 12.0. The molecule has 2 aliphatic rings. The predicted octanol–water partition coefficient (Wildman–Crippen LogP) is 17.9. The zero-order valence-corrected chi connectivity index (χ0v) is 37.4. The molecule has 1 nitrogen and oxygen atoms in total. The SMILES string of the molecule is CCc1c2ccccc2cc2c1ccc1c(-c3c4ccccc4c(-c4ccc5c(c4)C(C)(C)c4c6c(c7oc8ccccc8c7c4-5)-c4ccccc4C6(C)C)c4ccccc34)cccc12. The van der Waals surface area contributed by atoms with Crippen LogP contribution in [0.15, 0.2) is 180 Å². The summed E-state index contributed by atoms with van der Waals surface area (Å²) in [6, 6.07) is 66.3. The van der Waals surface area contributed by atoms with Gasteiger partial charge in [-0.05, 0) is 145 Å². The summed E-state index contributed by atoms with van der Waals surface area (Å²) in [5.41, 5.74) is 18.8. The van der Waals surface area contributed by atoms with Gasteiger partial charge in [-0.3, -0.25) is 0 Å². The molecule has 1 heteroatoms. The van der Waals surface area contributed by atoms with E-state index in [2.05, 4.69) is 211 Å². The van der Waals surface area contributed by atoms with E-state index in [1.807, 2.05) is 0 Å². The molecule has 12 aromatic rings. The van der Waals surface area contributed by atoms with Crippen LogP contribution in [0.5, 0.6) is 0 Å². The Kier molecular flexibility index (Phi) is 7.29. The van der Waals surface area contributed by atoms with Crippen LogP contribution in [-0.2, 0) is 17.3 Å². The quantitative estimate of drug-likeness (QED) is 0.128. The van der Waals surface area contributed by atoms with Gasteiger partial charge in [-0.2, -0.15) is 0 Å². The van der Waals surface area contributed by atoms with Crippen molar-refractivity contribution in [3.05, 3.63) is 204 Å². The topological polar surface area (TPSA) is 13.1 Å². The van der Waals surface area contributed by atoms with E-state index in [0.29, 0.717) is 0 Å². The van der Waals surface area contributed by atoms with Crippen molar-refractivity contribution in [2.24, 2.45) is 0 Å². The van der Waals surface area contributed by atoms with E-state index in [0.717, 1.165) is 17.6 Å². The molecule has 1 heterocycles. The van der Waals surface area contributed by atoms with Gasteiger partial charge in [-0.25, -0.2) is 0 Å². The van der Waals surface area contributed by atoms with Crippen LogP contribution in [-0.4, -0.2) is 0 Å². The molecule has 0 N–H and O–H groups in total. The van der Waals surface area contributed by atoms with Crippen LogP contribution in [0.3, 0.4) is 0 Å². The number of para-hydroxylation sites is 1. The van der Waals surface area contributed by atoms with E-state index < -0.39 is 0 Å². The van der Waals surface area contributed by atoms with Crippen molar-refractivity contribution in [3.63, 3.8) is 0 Å². The molecule has 0 bridgehead atoms. The number of rotatable bonds is 3. The number of hydrogen-bond acceptors (Lipinski definition) is 1. The highest BCUT2D eigenvalue weighted by Crippen LogP contribution is 2.63. The number of benzene rings is 11. The number of furan rings is 1. The maximum atomic E-state index is 6.97. The van der Waals surface area contributed by atoms with Gasteiger partial charge in [-0.1, -0.05) is 192 Å². The molecule has 0 radical (unpaired) electrons. The lowest BCUT2D eigenvalue weighted by atomic mass is 9.72. The van der Waals surface area contributed by atoms with E-state index in [-0.39, 0.29) is 10.8 Å². The predicted molar refractivity (Wildman–Crippen MR) is 277 cm³/mol.